The number of carbonyl (C=O) groups excluding carboxylic acids is 1. The number of carbonyl (C=O) groups is 1. The second-order valence-corrected chi connectivity index (χ2v) is 9.26. The molecule has 4 rings (SSSR count). The van der Waals surface area contributed by atoms with Crippen molar-refractivity contribution in [2.45, 2.75) is 4.90 Å². The molecule has 1 amide bonds. The van der Waals surface area contributed by atoms with Gasteiger partial charge in [0.1, 0.15) is 0 Å². The topological polar surface area (TPSA) is 64.1 Å². The van der Waals surface area contributed by atoms with Gasteiger partial charge in [-0.2, -0.15) is 0 Å². The fraction of sp³-hybridized carbons (Fsp3) is 0.333. The van der Waals surface area contributed by atoms with Gasteiger partial charge in [-0.1, -0.05) is 17.4 Å². The molecule has 0 N–H and O–H groups in total. The van der Waals surface area contributed by atoms with Crippen LogP contribution in [0, 0.1) is 0 Å². The molecule has 0 saturated carbocycles. The van der Waals surface area contributed by atoms with Crippen LogP contribution in [0.15, 0.2) is 41.3 Å². The van der Waals surface area contributed by atoms with E-state index in [4.69, 9.17) is 19.2 Å². The lowest BCUT2D eigenvalue weighted by Crippen LogP contribution is -2.48. The number of rotatable bonds is 7. The number of aromatic nitrogens is 1. The highest BCUT2D eigenvalue weighted by atomic mass is 32.2. The Morgan fingerprint density at radius 3 is 2.36 bits per heavy atom. The number of fused-ring (bicyclic) bond motifs is 1. The molecule has 2 aromatic carbocycles. The zero-order valence-electron chi connectivity index (χ0n) is 19.2. The second-order valence-electron chi connectivity index (χ2n) is 7.41. The van der Waals surface area contributed by atoms with Gasteiger partial charge in [-0.3, -0.25) is 4.79 Å². The van der Waals surface area contributed by atoms with E-state index in [1.807, 2.05) is 17.0 Å². The van der Waals surface area contributed by atoms with E-state index in [2.05, 4.69) is 29.4 Å². The minimum Gasteiger partial charge on any atom is -0.493 e. The number of amides is 1. The predicted molar refractivity (Wildman–Crippen MR) is 135 cm³/mol. The average molecular weight is 486 g/mol. The minimum absolute atomic E-state index is 0.0163. The molecule has 1 saturated heterocycles. The number of para-hydroxylation sites is 1. The van der Waals surface area contributed by atoms with Crippen molar-refractivity contribution >= 4 is 50.4 Å². The summed E-state index contributed by atoms with van der Waals surface area (Å²) in [5.41, 5.74) is 1.87. The molecule has 9 heteroatoms. The van der Waals surface area contributed by atoms with E-state index in [1.165, 1.54) is 9.60 Å². The maximum atomic E-state index is 12.8. The standard InChI is InChI=1S/C24H27N3O4S2/c1-29-17-14-16(15-18(30-2)23(17)31-3)8-9-21(28)26-10-12-27(13-11-26)24-25-22-19(32-4)6-5-7-20(22)33-24/h5-9,14-15H,10-13H2,1-4H3. The van der Waals surface area contributed by atoms with Crippen LogP contribution in [0.2, 0.25) is 0 Å². The fourth-order valence-corrected chi connectivity index (χ4v) is 5.47. The summed E-state index contributed by atoms with van der Waals surface area (Å²) in [6, 6.07) is 9.93. The number of piperazine rings is 1. The Hall–Kier alpha value is -2.91. The molecule has 2 heterocycles. The number of nitrogens with zero attached hydrogens (tertiary/aromatic N) is 3. The minimum atomic E-state index is -0.0163. The van der Waals surface area contributed by atoms with Gasteiger partial charge in [0.15, 0.2) is 16.6 Å². The maximum Gasteiger partial charge on any atom is 0.246 e. The Balaban J connectivity index is 1.41. The monoisotopic (exact) mass is 485 g/mol. The van der Waals surface area contributed by atoms with E-state index in [9.17, 15) is 4.79 Å². The van der Waals surface area contributed by atoms with Crippen LogP contribution in [-0.2, 0) is 4.79 Å². The number of hydrogen-bond acceptors (Lipinski definition) is 8. The highest BCUT2D eigenvalue weighted by molar-refractivity contribution is 7.98. The third kappa shape index (κ3) is 4.89. The predicted octanol–water partition coefficient (Wildman–Crippen LogP) is 4.41. The van der Waals surface area contributed by atoms with Gasteiger partial charge < -0.3 is 24.0 Å². The van der Waals surface area contributed by atoms with Crippen molar-refractivity contribution in [3.63, 3.8) is 0 Å². The fourth-order valence-electron chi connectivity index (χ4n) is 3.80. The van der Waals surface area contributed by atoms with E-state index >= 15 is 0 Å². The van der Waals surface area contributed by atoms with E-state index in [0.29, 0.717) is 30.3 Å². The number of hydrogen-bond donors (Lipinski definition) is 0. The third-order valence-corrected chi connectivity index (χ3v) is 7.41. The van der Waals surface area contributed by atoms with Crippen molar-refractivity contribution < 1.29 is 19.0 Å². The van der Waals surface area contributed by atoms with Gasteiger partial charge in [0.2, 0.25) is 11.7 Å². The van der Waals surface area contributed by atoms with Crippen LogP contribution >= 0.6 is 23.1 Å². The number of benzene rings is 2. The first-order valence-corrected chi connectivity index (χ1v) is 12.6. The van der Waals surface area contributed by atoms with E-state index in [-0.39, 0.29) is 5.91 Å². The van der Waals surface area contributed by atoms with Crippen LogP contribution < -0.4 is 19.1 Å². The molecule has 0 atom stereocenters. The molecule has 0 spiro atoms. The summed E-state index contributed by atoms with van der Waals surface area (Å²) in [6.45, 7) is 2.84. The molecule has 174 valence electrons. The van der Waals surface area contributed by atoms with Crippen molar-refractivity contribution in [2.75, 3.05) is 58.7 Å². The molecule has 1 aliphatic rings. The van der Waals surface area contributed by atoms with E-state index in [1.54, 1.807) is 56.6 Å². The summed E-state index contributed by atoms with van der Waals surface area (Å²) in [6.07, 6.45) is 5.44. The third-order valence-electron chi connectivity index (χ3n) is 5.56. The first-order valence-electron chi connectivity index (χ1n) is 10.5. The van der Waals surface area contributed by atoms with Crippen LogP contribution in [0.4, 0.5) is 5.13 Å². The molecule has 33 heavy (non-hydrogen) atoms. The van der Waals surface area contributed by atoms with Gasteiger partial charge in [0, 0.05) is 37.2 Å². The van der Waals surface area contributed by atoms with Gasteiger partial charge in [-0.15, -0.1) is 11.8 Å². The molecular weight excluding hydrogens is 458 g/mol. The molecule has 3 aromatic rings. The first-order chi connectivity index (χ1) is 16.1. The van der Waals surface area contributed by atoms with Crippen molar-refractivity contribution in [3.05, 3.63) is 42.0 Å². The summed E-state index contributed by atoms with van der Waals surface area (Å²) in [4.78, 5) is 23.0. The van der Waals surface area contributed by atoms with Crippen LogP contribution in [0.25, 0.3) is 16.3 Å². The maximum absolute atomic E-state index is 12.8. The number of anilines is 1. The van der Waals surface area contributed by atoms with Crippen molar-refractivity contribution in [1.29, 1.82) is 0 Å². The number of methoxy groups -OCH3 is 3. The van der Waals surface area contributed by atoms with Gasteiger partial charge in [-0.05, 0) is 42.2 Å². The number of thioether (sulfide) groups is 1. The van der Waals surface area contributed by atoms with Crippen molar-refractivity contribution in [2.24, 2.45) is 0 Å². The Kier molecular flexibility index (Phi) is 7.29. The smallest absolute Gasteiger partial charge is 0.246 e. The summed E-state index contributed by atoms with van der Waals surface area (Å²) in [7, 11) is 4.71. The molecule has 1 aromatic heterocycles. The SMILES string of the molecule is COc1cc(C=CC(=O)N2CCN(c3nc4c(SC)cccc4s3)CC2)cc(OC)c1OC. The first kappa shape index (κ1) is 23.3. The average Bonchev–Trinajstić information content (AvgIpc) is 3.31. The molecule has 0 bridgehead atoms. The van der Waals surface area contributed by atoms with Crippen LogP contribution in [-0.4, -0.2) is 69.6 Å². The Morgan fingerprint density at radius 1 is 1.06 bits per heavy atom. The highest BCUT2D eigenvalue weighted by Crippen LogP contribution is 2.38. The quantitative estimate of drug-likeness (QED) is 0.363. The van der Waals surface area contributed by atoms with Crippen LogP contribution in [0.1, 0.15) is 5.56 Å². The summed E-state index contributed by atoms with van der Waals surface area (Å²) in [5.74, 6) is 1.62. The number of thiazole rings is 1. The lowest BCUT2D eigenvalue weighted by atomic mass is 10.1. The normalized spacial score (nSPS) is 14.2. The lowest BCUT2D eigenvalue weighted by molar-refractivity contribution is -0.126. The van der Waals surface area contributed by atoms with Gasteiger partial charge in [0.25, 0.3) is 0 Å². The van der Waals surface area contributed by atoms with Gasteiger partial charge in [-0.25, -0.2) is 4.98 Å². The van der Waals surface area contributed by atoms with Crippen molar-refractivity contribution in [3.8, 4) is 17.2 Å². The summed E-state index contributed by atoms with van der Waals surface area (Å²) >= 11 is 3.43. The second kappa shape index (κ2) is 10.4. The molecule has 0 radical (unpaired) electrons. The molecule has 7 nitrogen and oxygen atoms in total. The van der Waals surface area contributed by atoms with Crippen LogP contribution in [0.3, 0.4) is 0 Å². The molecule has 1 aliphatic heterocycles. The Morgan fingerprint density at radius 2 is 1.76 bits per heavy atom. The molecule has 0 unspecified atom stereocenters. The zero-order chi connectivity index (χ0) is 23.4. The molecular formula is C24H27N3O4S2. The Bertz CT molecular complexity index is 1140. The van der Waals surface area contributed by atoms with Crippen molar-refractivity contribution in [1.82, 2.24) is 9.88 Å². The largest absolute Gasteiger partial charge is 0.493 e. The summed E-state index contributed by atoms with van der Waals surface area (Å²) in [5, 5.41) is 1.02. The van der Waals surface area contributed by atoms with Crippen LogP contribution in [0.5, 0.6) is 17.2 Å². The highest BCUT2D eigenvalue weighted by Gasteiger charge is 2.22. The van der Waals surface area contributed by atoms with E-state index in [0.717, 1.165) is 29.3 Å². The zero-order valence-corrected chi connectivity index (χ0v) is 20.8. The Labute approximate surface area is 201 Å². The lowest BCUT2D eigenvalue weighted by Gasteiger charge is -2.34. The van der Waals surface area contributed by atoms with Gasteiger partial charge in [0.05, 0.1) is 31.5 Å². The van der Waals surface area contributed by atoms with Gasteiger partial charge >= 0.3 is 0 Å². The van der Waals surface area contributed by atoms with E-state index < -0.39 is 0 Å². The summed E-state index contributed by atoms with van der Waals surface area (Å²) < 4.78 is 17.3. The molecule has 1 fully saturated rings. The number of ether oxygens (including phenoxy) is 3. The molecule has 0 aliphatic carbocycles.